The second kappa shape index (κ2) is 5.51. The molecule has 0 atom stereocenters. The first kappa shape index (κ1) is 12.4. The Balaban J connectivity index is 1.98. The van der Waals surface area contributed by atoms with Crippen molar-refractivity contribution in [2.24, 2.45) is 0 Å². The van der Waals surface area contributed by atoms with Crippen molar-refractivity contribution < 1.29 is 9.21 Å². The second-order valence-electron chi connectivity index (χ2n) is 3.40. The van der Waals surface area contributed by atoms with E-state index in [-0.39, 0.29) is 11.7 Å². The van der Waals surface area contributed by atoms with Gasteiger partial charge in [0.1, 0.15) is 0 Å². The Morgan fingerprint density at radius 2 is 1.94 bits per heavy atom. The van der Waals surface area contributed by atoms with Gasteiger partial charge in [-0.15, -0.1) is 0 Å². The lowest BCUT2D eigenvalue weighted by atomic mass is 10.2. The molecule has 1 N–H and O–H groups in total. The Morgan fingerprint density at radius 3 is 2.53 bits per heavy atom. The number of rotatable bonds is 3. The highest BCUT2D eigenvalue weighted by molar-refractivity contribution is 9.13. The molecule has 1 heterocycles. The van der Waals surface area contributed by atoms with Gasteiger partial charge in [0.15, 0.2) is 10.4 Å². The van der Waals surface area contributed by atoms with Gasteiger partial charge in [-0.25, -0.2) is 0 Å². The molecule has 2 aromatic rings. The number of nitrogens with one attached hydrogen (secondary N) is 1. The lowest BCUT2D eigenvalue weighted by Crippen LogP contribution is -2.22. The van der Waals surface area contributed by atoms with E-state index in [4.69, 9.17) is 4.42 Å². The van der Waals surface area contributed by atoms with E-state index >= 15 is 0 Å². The molecule has 0 unspecified atom stereocenters. The van der Waals surface area contributed by atoms with Gasteiger partial charge in [-0.1, -0.05) is 30.3 Å². The fraction of sp³-hybridized carbons (Fsp3) is 0.0833. The molecule has 0 aliphatic carbocycles. The zero-order valence-electron chi connectivity index (χ0n) is 8.74. The summed E-state index contributed by atoms with van der Waals surface area (Å²) >= 11 is 6.45. The number of furan rings is 1. The van der Waals surface area contributed by atoms with Crippen LogP contribution in [0, 0.1) is 0 Å². The zero-order valence-corrected chi connectivity index (χ0v) is 11.9. The smallest absolute Gasteiger partial charge is 0.287 e. The lowest BCUT2D eigenvalue weighted by Gasteiger charge is -2.02. The highest BCUT2D eigenvalue weighted by Crippen LogP contribution is 2.26. The third kappa shape index (κ3) is 3.20. The van der Waals surface area contributed by atoms with Crippen LogP contribution in [0.25, 0.3) is 0 Å². The minimum absolute atomic E-state index is 0.236. The van der Waals surface area contributed by atoms with Gasteiger partial charge in [0, 0.05) is 12.6 Å². The molecule has 0 radical (unpaired) electrons. The van der Waals surface area contributed by atoms with E-state index in [0.29, 0.717) is 11.2 Å². The van der Waals surface area contributed by atoms with Crippen LogP contribution in [0.2, 0.25) is 0 Å². The molecular formula is C12H9Br2NO2. The summed E-state index contributed by atoms with van der Waals surface area (Å²) in [5, 5.41) is 2.78. The van der Waals surface area contributed by atoms with Gasteiger partial charge in [0.25, 0.3) is 5.91 Å². The van der Waals surface area contributed by atoms with Crippen LogP contribution >= 0.6 is 31.9 Å². The molecule has 3 nitrogen and oxygen atoms in total. The summed E-state index contributed by atoms with van der Waals surface area (Å²) in [5.41, 5.74) is 1.05. The van der Waals surface area contributed by atoms with Crippen LogP contribution in [0.5, 0.6) is 0 Å². The van der Waals surface area contributed by atoms with E-state index in [1.165, 1.54) is 0 Å². The Kier molecular flexibility index (Phi) is 4.02. The van der Waals surface area contributed by atoms with Crippen LogP contribution in [-0.2, 0) is 6.54 Å². The van der Waals surface area contributed by atoms with Gasteiger partial charge in [0.2, 0.25) is 0 Å². The van der Waals surface area contributed by atoms with Crippen molar-refractivity contribution in [3.63, 3.8) is 0 Å². The number of amides is 1. The van der Waals surface area contributed by atoms with Gasteiger partial charge in [0.05, 0.1) is 4.47 Å². The fourth-order valence-corrected chi connectivity index (χ4v) is 1.90. The lowest BCUT2D eigenvalue weighted by molar-refractivity contribution is 0.0922. The zero-order chi connectivity index (χ0) is 12.3. The molecule has 0 aliphatic rings. The van der Waals surface area contributed by atoms with Crippen molar-refractivity contribution >= 4 is 37.8 Å². The molecule has 0 saturated heterocycles. The Hall–Kier alpha value is -1.07. The first-order valence-electron chi connectivity index (χ1n) is 4.94. The average molecular weight is 359 g/mol. The number of hydrogen-bond donors (Lipinski definition) is 1. The second-order valence-corrected chi connectivity index (χ2v) is 4.98. The number of halogens is 2. The molecule has 0 fully saturated rings. The maximum absolute atomic E-state index is 11.7. The molecule has 0 spiro atoms. The molecule has 5 heteroatoms. The van der Waals surface area contributed by atoms with Crippen LogP contribution in [-0.4, -0.2) is 5.91 Å². The molecule has 88 valence electrons. The highest BCUT2D eigenvalue weighted by atomic mass is 79.9. The number of benzene rings is 1. The first-order valence-corrected chi connectivity index (χ1v) is 6.52. The number of hydrogen-bond acceptors (Lipinski definition) is 2. The third-order valence-electron chi connectivity index (χ3n) is 2.16. The van der Waals surface area contributed by atoms with E-state index in [1.54, 1.807) is 6.07 Å². The Bertz CT molecular complexity index is 503. The monoisotopic (exact) mass is 357 g/mol. The summed E-state index contributed by atoms with van der Waals surface area (Å²) in [6, 6.07) is 11.3. The molecule has 1 amide bonds. The fourth-order valence-electron chi connectivity index (χ4n) is 1.32. The van der Waals surface area contributed by atoms with Gasteiger partial charge in [-0.3, -0.25) is 4.79 Å². The summed E-state index contributed by atoms with van der Waals surface area (Å²) in [5.74, 6) is 0.0416. The largest absolute Gasteiger partial charge is 0.443 e. The number of carbonyl (C=O) groups excluding carboxylic acids is 1. The first-order chi connectivity index (χ1) is 8.16. The summed E-state index contributed by atoms with van der Waals surface area (Å²) < 4.78 is 6.46. The standard InChI is InChI=1S/C12H9Br2NO2/c13-9-6-10(17-11(9)14)12(16)15-7-8-4-2-1-3-5-8/h1-6H,7H2,(H,15,16). The van der Waals surface area contributed by atoms with Crippen LogP contribution in [0.4, 0.5) is 0 Å². The minimum Gasteiger partial charge on any atom is -0.443 e. The van der Waals surface area contributed by atoms with Crippen molar-refractivity contribution in [3.8, 4) is 0 Å². The van der Waals surface area contributed by atoms with Crippen LogP contribution in [0.3, 0.4) is 0 Å². The quantitative estimate of drug-likeness (QED) is 0.908. The van der Waals surface area contributed by atoms with Gasteiger partial charge in [-0.2, -0.15) is 0 Å². The normalized spacial score (nSPS) is 10.2. The maximum atomic E-state index is 11.7. The van der Waals surface area contributed by atoms with Crippen LogP contribution in [0.1, 0.15) is 16.1 Å². The molecule has 0 aliphatic heterocycles. The predicted octanol–water partition coefficient (Wildman–Crippen LogP) is 3.73. The van der Waals surface area contributed by atoms with Crippen molar-refractivity contribution in [2.45, 2.75) is 6.54 Å². The van der Waals surface area contributed by atoms with Crippen molar-refractivity contribution in [2.75, 3.05) is 0 Å². The van der Waals surface area contributed by atoms with E-state index in [9.17, 15) is 4.79 Å². The van der Waals surface area contributed by atoms with E-state index in [0.717, 1.165) is 10.0 Å². The van der Waals surface area contributed by atoms with E-state index in [1.807, 2.05) is 30.3 Å². The molecule has 1 aromatic heterocycles. The summed E-state index contributed by atoms with van der Waals surface area (Å²) in [7, 11) is 0. The minimum atomic E-state index is -0.236. The average Bonchev–Trinajstić information content (AvgIpc) is 2.68. The maximum Gasteiger partial charge on any atom is 0.287 e. The molecular weight excluding hydrogens is 350 g/mol. The van der Waals surface area contributed by atoms with Crippen molar-refractivity contribution in [3.05, 3.63) is 56.9 Å². The van der Waals surface area contributed by atoms with Crippen LogP contribution < -0.4 is 5.32 Å². The molecule has 0 bridgehead atoms. The molecule has 0 saturated carbocycles. The van der Waals surface area contributed by atoms with Gasteiger partial charge >= 0.3 is 0 Å². The van der Waals surface area contributed by atoms with Gasteiger partial charge in [-0.05, 0) is 37.4 Å². The Labute approximate surface area is 115 Å². The molecule has 17 heavy (non-hydrogen) atoms. The van der Waals surface area contributed by atoms with E-state index in [2.05, 4.69) is 37.2 Å². The van der Waals surface area contributed by atoms with Crippen LogP contribution in [0.15, 0.2) is 50.0 Å². The predicted molar refractivity (Wildman–Crippen MR) is 71.7 cm³/mol. The van der Waals surface area contributed by atoms with E-state index < -0.39 is 0 Å². The number of carbonyl (C=O) groups is 1. The third-order valence-corrected chi connectivity index (χ3v) is 3.87. The van der Waals surface area contributed by atoms with Crippen molar-refractivity contribution in [1.82, 2.24) is 5.32 Å². The highest BCUT2D eigenvalue weighted by Gasteiger charge is 2.13. The summed E-state index contributed by atoms with van der Waals surface area (Å²) in [6.07, 6.45) is 0. The van der Waals surface area contributed by atoms with Crippen molar-refractivity contribution in [1.29, 1.82) is 0 Å². The Morgan fingerprint density at radius 1 is 1.24 bits per heavy atom. The summed E-state index contributed by atoms with van der Waals surface area (Å²) in [4.78, 5) is 11.7. The SMILES string of the molecule is O=C(NCc1ccccc1)c1cc(Br)c(Br)o1. The summed E-state index contributed by atoms with van der Waals surface area (Å²) in [6.45, 7) is 0.482. The molecule has 1 aromatic carbocycles. The van der Waals surface area contributed by atoms with Gasteiger partial charge < -0.3 is 9.73 Å². The molecule has 2 rings (SSSR count). The topological polar surface area (TPSA) is 42.2 Å².